The predicted octanol–water partition coefficient (Wildman–Crippen LogP) is 2.81. The van der Waals surface area contributed by atoms with Crippen LogP contribution in [0.5, 0.6) is 0 Å². The number of piperidine rings is 1. The summed E-state index contributed by atoms with van der Waals surface area (Å²) in [6, 6.07) is 10.5. The second-order valence-corrected chi connectivity index (χ2v) is 9.04. The summed E-state index contributed by atoms with van der Waals surface area (Å²) in [6.45, 7) is 1.38. The molecule has 0 atom stereocenters. The van der Waals surface area contributed by atoms with E-state index in [2.05, 4.69) is 0 Å². The maximum Gasteiger partial charge on any atom is 0.243 e. The van der Waals surface area contributed by atoms with Gasteiger partial charge in [-0.05, 0) is 47.4 Å². The fraction of sp³-hybridized carbons (Fsp3) is 0.389. The smallest absolute Gasteiger partial charge is 0.243 e. The van der Waals surface area contributed by atoms with Crippen LogP contribution in [-0.2, 0) is 21.4 Å². The molecule has 1 aromatic carbocycles. The number of carbonyl (C=O) groups excluding carboxylic acids is 1. The molecule has 2 heterocycles. The number of sulfonamides is 1. The lowest BCUT2D eigenvalue weighted by Crippen LogP contribution is -2.43. The van der Waals surface area contributed by atoms with E-state index in [-0.39, 0.29) is 11.8 Å². The third-order valence-electron chi connectivity index (χ3n) is 4.56. The molecular weight excluding hydrogens is 356 g/mol. The van der Waals surface area contributed by atoms with Gasteiger partial charge in [0.2, 0.25) is 15.9 Å². The van der Waals surface area contributed by atoms with Crippen molar-refractivity contribution in [3.8, 4) is 0 Å². The molecule has 0 aliphatic carbocycles. The summed E-state index contributed by atoms with van der Waals surface area (Å²) in [5.41, 5.74) is 1.13. The van der Waals surface area contributed by atoms with Crippen LogP contribution < -0.4 is 0 Å². The van der Waals surface area contributed by atoms with Gasteiger partial charge in [0.05, 0.1) is 4.90 Å². The Morgan fingerprint density at radius 1 is 1.20 bits per heavy atom. The van der Waals surface area contributed by atoms with Gasteiger partial charge >= 0.3 is 0 Å². The van der Waals surface area contributed by atoms with E-state index in [0.29, 0.717) is 37.4 Å². The van der Waals surface area contributed by atoms with E-state index in [1.165, 1.54) is 4.31 Å². The summed E-state index contributed by atoms with van der Waals surface area (Å²) < 4.78 is 26.8. The Morgan fingerprint density at radius 2 is 1.88 bits per heavy atom. The van der Waals surface area contributed by atoms with E-state index in [1.54, 1.807) is 46.6 Å². The number of carbonyl (C=O) groups is 1. The van der Waals surface area contributed by atoms with Gasteiger partial charge < -0.3 is 4.90 Å². The molecule has 1 aliphatic heterocycles. The standard InChI is InChI=1S/C18H22N2O3S2/c1-19(13-15-9-12-24-14-15)18(21)16-7-10-20(11-8-16)25(22,23)17-5-3-2-4-6-17/h2-6,9,12,14,16H,7-8,10-11,13H2,1H3. The highest BCUT2D eigenvalue weighted by Gasteiger charge is 2.33. The maximum absolute atomic E-state index is 12.6. The number of amides is 1. The van der Waals surface area contributed by atoms with Crippen LogP contribution in [0.25, 0.3) is 0 Å². The van der Waals surface area contributed by atoms with Crippen molar-refractivity contribution in [3.05, 3.63) is 52.7 Å². The molecule has 1 aliphatic rings. The van der Waals surface area contributed by atoms with Crippen LogP contribution in [-0.4, -0.2) is 43.7 Å². The van der Waals surface area contributed by atoms with Gasteiger partial charge in [-0.25, -0.2) is 8.42 Å². The number of nitrogens with zero attached hydrogens (tertiary/aromatic N) is 2. The molecule has 25 heavy (non-hydrogen) atoms. The van der Waals surface area contributed by atoms with Crippen LogP contribution in [0.2, 0.25) is 0 Å². The van der Waals surface area contributed by atoms with E-state index >= 15 is 0 Å². The topological polar surface area (TPSA) is 57.7 Å². The van der Waals surface area contributed by atoms with E-state index in [4.69, 9.17) is 0 Å². The Hall–Kier alpha value is -1.70. The monoisotopic (exact) mass is 378 g/mol. The molecule has 0 N–H and O–H groups in total. The molecule has 0 radical (unpaired) electrons. The zero-order valence-electron chi connectivity index (χ0n) is 14.2. The van der Waals surface area contributed by atoms with Gasteiger partial charge in [-0.15, -0.1) is 0 Å². The first-order valence-corrected chi connectivity index (χ1v) is 10.7. The molecule has 2 aromatic rings. The first kappa shape index (κ1) is 18.1. The summed E-state index contributed by atoms with van der Waals surface area (Å²) in [4.78, 5) is 14.7. The molecule has 0 spiro atoms. The van der Waals surface area contributed by atoms with Gasteiger partial charge in [-0.3, -0.25) is 4.79 Å². The molecule has 1 saturated heterocycles. The number of thiophene rings is 1. The third kappa shape index (κ3) is 4.11. The summed E-state index contributed by atoms with van der Waals surface area (Å²) in [7, 11) is -1.65. The molecule has 1 aromatic heterocycles. The van der Waals surface area contributed by atoms with Gasteiger partial charge in [0.1, 0.15) is 0 Å². The van der Waals surface area contributed by atoms with Crippen LogP contribution in [0.15, 0.2) is 52.1 Å². The SMILES string of the molecule is CN(Cc1ccsc1)C(=O)C1CCN(S(=O)(=O)c2ccccc2)CC1. The van der Waals surface area contributed by atoms with Crippen LogP contribution >= 0.6 is 11.3 Å². The van der Waals surface area contributed by atoms with Gasteiger partial charge in [0.15, 0.2) is 0 Å². The Kier molecular flexibility index (Phi) is 5.56. The van der Waals surface area contributed by atoms with Gasteiger partial charge in [-0.1, -0.05) is 18.2 Å². The summed E-state index contributed by atoms with van der Waals surface area (Å²) in [5, 5.41) is 4.04. The van der Waals surface area contributed by atoms with Crippen molar-refractivity contribution >= 4 is 27.3 Å². The quantitative estimate of drug-likeness (QED) is 0.804. The fourth-order valence-corrected chi connectivity index (χ4v) is 5.28. The van der Waals surface area contributed by atoms with E-state index < -0.39 is 10.0 Å². The van der Waals surface area contributed by atoms with Crippen LogP contribution in [0.4, 0.5) is 0 Å². The zero-order valence-corrected chi connectivity index (χ0v) is 15.8. The van der Waals surface area contributed by atoms with Crippen molar-refractivity contribution in [1.82, 2.24) is 9.21 Å². The second kappa shape index (κ2) is 7.68. The average molecular weight is 379 g/mol. The first-order chi connectivity index (χ1) is 12.0. The summed E-state index contributed by atoms with van der Waals surface area (Å²) in [5.74, 6) is -0.00572. The molecule has 1 fully saturated rings. The number of hydrogen-bond acceptors (Lipinski definition) is 4. The molecule has 1 amide bonds. The van der Waals surface area contributed by atoms with E-state index in [0.717, 1.165) is 5.56 Å². The minimum Gasteiger partial charge on any atom is -0.341 e. The highest BCUT2D eigenvalue weighted by molar-refractivity contribution is 7.89. The Balaban J connectivity index is 1.59. The average Bonchev–Trinajstić information content (AvgIpc) is 3.15. The summed E-state index contributed by atoms with van der Waals surface area (Å²) >= 11 is 1.62. The second-order valence-electron chi connectivity index (χ2n) is 6.32. The number of hydrogen-bond donors (Lipinski definition) is 0. The fourth-order valence-electron chi connectivity index (χ4n) is 3.13. The number of benzene rings is 1. The molecular formula is C18H22N2O3S2. The molecule has 7 heteroatoms. The molecule has 0 unspecified atom stereocenters. The predicted molar refractivity (Wildman–Crippen MR) is 98.7 cm³/mol. The molecule has 0 saturated carbocycles. The molecule has 5 nitrogen and oxygen atoms in total. The van der Waals surface area contributed by atoms with Crippen molar-refractivity contribution < 1.29 is 13.2 Å². The largest absolute Gasteiger partial charge is 0.341 e. The highest BCUT2D eigenvalue weighted by Crippen LogP contribution is 2.25. The lowest BCUT2D eigenvalue weighted by Gasteiger charge is -2.32. The molecule has 134 valence electrons. The van der Waals surface area contributed by atoms with Crippen LogP contribution in [0, 0.1) is 5.92 Å². The van der Waals surface area contributed by atoms with Crippen molar-refractivity contribution in [2.75, 3.05) is 20.1 Å². The Labute approximate surface area is 152 Å². The maximum atomic E-state index is 12.6. The van der Waals surface area contributed by atoms with Crippen molar-refractivity contribution in [3.63, 3.8) is 0 Å². The van der Waals surface area contributed by atoms with E-state index in [9.17, 15) is 13.2 Å². The lowest BCUT2D eigenvalue weighted by atomic mass is 9.96. The third-order valence-corrected chi connectivity index (χ3v) is 7.21. The normalized spacial score (nSPS) is 16.7. The number of rotatable bonds is 5. The van der Waals surface area contributed by atoms with Crippen LogP contribution in [0.3, 0.4) is 0 Å². The van der Waals surface area contributed by atoms with Crippen molar-refractivity contribution in [2.24, 2.45) is 5.92 Å². The minimum atomic E-state index is -3.46. The molecule has 0 bridgehead atoms. The van der Waals surface area contributed by atoms with Gasteiger partial charge in [-0.2, -0.15) is 15.6 Å². The zero-order chi connectivity index (χ0) is 17.9. The van der Waals surface area contributed by atoms with Crippen molar-refractivity contribution in [2.45, 2.75) is 24.3 Å². The summed E-state index contributed by atoms with van der Waals surface area (Å²) in [6.07, 6.45) is 1.14. The highest BCUT2D eigenvalue weighted by atomic mass is 32.2. The first-order valence-electron chi connectivity index (χ1n) is 8.30. The van der Waals surface area contributed by atoms with Gasteiger partial charge in [0.25, 0.3) is 0 Å². The minimum absolute atomic E-state index is 0.1000. The molecule has 3 rings (SSSR count). The van der Waals surface area contributed by atoms with Crippen molar-refractivity contribution in [1.29, 1.82) is 0 Å². The van der Waals surface area contributed by atoms with Crippen LogP contribution in [0.1, 0.15) is 18.4 Å². The Bertz CT molecular complexity index is 796. The lowest BCUT2D eigenvalue weighted by molar-refractivity contribution is -0.135. The van der Waals surface area contributed by atoms with E-state index in [1.807, 2.05) is 23.9 Å². The Morgan fingerprint density at radius 3 is 2.48 bits per heavy atom. The van der Waals surface area contributed by atoms with Gasteiger partial charge in [0, 0.05) is 32.6 Å².